The molecule has 0 amide bonds. The monoisotopic (exact) mass is 1100 g/mol. The molecule has 0 bridgehead atoms. The zero-order chi connectivity index (χ0) is 56.3. The van der Waals surface area contributed by atoms with Crippen LogP contribution in [0.4, 0.5) is 0 Å². The standard InChI is InChI=1S/C54H88O23/c1-23-33(60)43(76-46-41(68)38(65)35(62)27(19-56)72-46)44(77-47-42(69)39(66)36(63)28(20-57)73-47)48(70-23)74-31-11-12-50(4)29(51(31,5)21-58)10-13-52(6)30(50)9-8-24-25-16-49(2,3)14-15-54(25,22-59)32(17-53(24,52)7)75-45-40(67)37(64)34(61)26(18-55)71-45/h8-9,23,25-29,31-48,55-69H,10-22H2,1-7H3/t23-,25-,26-,27-,28-,29-,31+,32+,33+,34-,35-,36-,37+,38+,39+,40-,41-,42-,43+,44-,45+,46+,47+,48+,50+,51+,52-,53-,54-/m1/s1. The molecule has 5 aliphatic carbocycles. The molecule has 15 N–H and O–H groups in total. The van der Waals surface area contributed by atoms with E-state index in [-0.39, 0.29) is 30.5 Å². The molecule has 4 aliphatic heterocycles. The number of fused-ring (bicyclic) bond motifs is 7. The maximum atomic E-state index is 11.8. The van der Waals surface area contributed by atoms with Crippen LogP contribution in [-0.4, -0.2) is 245 Å². The van der Waals surface area contributed by atoms with Crippen LogP contribution in [0.15, 0.2) is 23.3 Å². The summed E-state index contributed by atoms with van der Waals surface area (Å²) >= 11 is 0. The molecule has 23 heteroatoms. The molecule has 77 heavy (non-hydrogen) atoms. The highest BCUT2D eigenvalue weighted by molar-refractivity contribution is 5.46. The fraction of sp³-hybridized carbons (Fsp3) is 0.926. The second-order valence-electron chi connectivity index (χ2n) is 25.8. The van der Waals surface area contributed by atoms with Crippen LogP contribution < -0.4 is 0 Å². The minimum absolute atomic E-state index is 0.102. The van der Waals surface area contributed by atoms with Gasteiger partial charge in [0.05, 0.1) is 51.3 Å². The van der Waals surface area contributed by atoms with E-state index < -0.39 is 182 Å². The Labute approximate surface area is 448 Å². The van der Waals surface area contributed by atoms with Gasteiger partial charge in [-0.3, -0.25) is 0 Å². The normalized spacial score (nSPS) is 54.7. The van der Waals surface area contributed by atoms with Crippen molar-refractivity contribution >= 4 is 0 Å². The van der Waals surface area contributed by atoms with Gasteiger partial charge in [-0.1, -0.05) is 64.8 Å². The Morgan fingerprint density at radius 1 is 0.481 bits per heavy atom. The maximum Gasteiger partial charge on any atom is 0.187 e. The minimum atomic E-state index is -1.93. The fourth-order valence-electron chi connectivity index (χ4n) is 16.0. The third-order valence-electron chi connectivity index (χ3n) is 21.1. The summed E-state index contributed by atoms with van der Waals surface area (Å²) in [6.07, 6.45) is -24.9. The van der Waals surface area contributed by atoms with E-state index in [4.69, 9.17) is 37.9 Å². The van der Waals surface area contributed by atoms with Crippen molar-refractivity contribution in [3.05, 3.63) is 23.3 Å². The van der Waals surface area contributed by atoms with Gasteiger partial charge in [-0.2, -0.15) is 0 Å². The number of rotatable bonds is 13. The van der Waals surface area contributed by atoms with Gasteiger partial charge in [-0.25, -0.2) is 0 Å². The van der Waals surface area contributed by atoms with Gasteiger partial charge in [-0.15, -0.1) is 0 Å². The van der Waals surface area contributed by atoms with E-state index in [1.807, 2.05) is 6.92 Å². The highest BCUT2D eigenvalue weighted by atomic mass is 16.8. The number of allylic oxidation sites excluding steroid dienone is 4. The van der Waals surface area contributed by atoms with Gasteiger partial charge in [0.15, 0.2) is 25.2 Å². The Bertz CT molecular complexity index is 2130. The third-order valence-corrected chi connectivity index (χ3v) is 21.1. The number of aliphatic hydroxyl groups excluding tert-OH is 15. The Hall–Kier alpha value is -1.44. The molecule has 4 heterocycles. The molecular weight excluding hydrogens is 1020 g/mol. The van der Waals surface area contributed by atoms with Gasteiger partial charge < -0.3 is 114 Å². The molecule has 0 unspecified atom stereocenters. The van der Waals surface area contributed by atoms with Crippen molar-refractivity contribution < 1.29 is 114 Å². The Morgan fingerprint density at radius 2 is 0.987 bits per heavy atom. The van der Waals surface area contributed by atoms with Gasteiger partial charge in [-0.05, 0) is 86.4 Å². The minimum Gasteiger partial charge on any atom is -0.396 e. The largest absolute Gasteiger partial charge is 0.396 e. The molecule has 29 atom stereocenters. The molecule has 0 aromatic heterocycles. The summed E-state index contributed by atoms with van der Waals surface area (Å²) in [5.74, 6) is -0.413. The quantitative estimate of drug-likeness (QED) is 0.0836. The van der Waals surface area contributed by atoms with Gasteiger partial charge in [0.25, 0.3) is 0 Å². The molecule has 442 valence electrons. The number of aliphatic hydroxyl groups is 15. The molecule has 4 saturated heterocycles. The summed E-state index contributed by atoms with van der Waals surface area (Å²) in [6, 6.07) is 0. The predicted octanol–water partition coefficient (Wildman–Crippen LogP) is -2.67. The van der Waals surface area contributed by atoms with E-state index in [0.29, 0.717) is 38.5 Å². The molecule has 0 radical (unpaired) electrons. The van der Waals surface area contributed by atoms with E-state index in [9.17, 15) is 76.6 Å². The first-order valence-corrected chi connectivity index (χ1v) is 27.7. The van der Waals surface area contributed by atoms with Crippen LogP contribution in [0.1, 0.15) is 99.8 Å². The Kier molecular flexibility index (Phi) is 17.2. The van der Waals surface area contributed by atoms with Gasteiger partial charge in [0.1, 0.15) is 91.6 Å². The summed E-state index contributed by atoms with van der Waals surface area (Å²) in [6.45, 7) is 11.9. The first kappa shape index (κ1) is 60.2. The molecule has 9 rings (SSSR count). The van der Waals surface area contributed by atoms with Crippen molar-refractivity contribution in [1.29, 1.82) is 0 Å². The lowest BCUT2D eigenvalue weighted by atomic mass is 9.35. The number of ether oxygens (including phenoxy) is 8. The second-order valence-corrected chi connectivity index (χ2v) is 25.8. The van der Waals surface area contributed by atoms with Gasteiger partial charge >= 0.3 is 0 Å². The first-order chi connectivity index (χ1) is 36.1. The van der Waals surface area contributed by atoms with E-state index in [0.717, 1.165) is 18.4 Å². The first-order valence-electron chi connectivity index (χ1n) is 27.7. The lowest BCUT2D eigenvalue weighted by Gasteiger charge is -2.70. The average Bonchev–Trinajstić information content (AvgIpc) is 3.59. The summed E-state index contributed by atoms with van der Waals surface area (Å²) in [4.78, 5) is 0. The maximum absolute atomic E-state index is 11.8. The van der Waals surface area contributed by atoms with Gasteiger partial charge in [0.2, 0.25) is 0 Å². The molecule has 0 aromatic carbocycles. The van der Waals surface area contributed by atoms with E-state index in [1.54, 1.807) is 0 Å². The SMILES string of the molecule is C[C@H]1O[C@@H](O[C@H]2CC[C@]3(C)C4=CC=C5[C@H]6CC(C)(C)CC[C@]6(CO)[C@@H](O[C@@H]6O[C@H](CO)[C@@H](O)[C@H](O)[C@H]6O)C[C@@]5(C)[C@]4(C)CC[C@H]3[C@]2(C)CO)[C@H](O[C@@H]2O[C@H](CO)[C@@H](O)[C@H](O)[C@H]2O)[C@@H](O[C@@H]2O[C@H](CO)[C@@H](O)[C@H](O)[C@H]2O)[C@H]1O. The van der Waals surface area contributed by atoms with Gasteiger partial charge in [0, 0.05) is 16.2 Å². The predicted molar refractivity (Wildman–Crippen MR) is 264 cm³/mol. The zero-order valence-electron chi connectivity index (χ0n) is 45.2. The zero-order valence-corrected chi connectivity index (χ0v) is 45.2. The van der Waals surface area contributed by atoms with E-state index in [2.05, 4.69) is 46.8 Å². The fourth-order valence-corrected chi connectivity index (χ4v) is 16.0. The van der Waals surface area contributed by atoms with Crippen molar-refractivity contribution in [3.63, 3.8) is 0 Å². The van der Waals surface area contributed by atoms with Crippen LogP contribution in [0, 0.1) is 44.3 Å². The summed E-state index contributed by atoms with van der Waals surface area (Å²) in [5.41, 5.74) is -1.29. The van der Waals surface area contributed by atoms with Crippen LogP contribution in [-0.2, 0) is 37.9 Å². The lowest BCUT2D eigenvalue weighted by Crippen LogP contribution is -2.68. The van der Waals surface area contributed by atoms with Crippen LogP contribution in [0.5, 0.6) is 0 Å². The molecule has 0 aromatic rings. The van der Waals surface area contributed by atoms with E-state index in [1.165, 1.54) is 12.5 Å². The summed E-state index contributed by atoms with van der Waals surface area (Å²) in [7, 11) is 0. The average molecular weight is 1110 g/mol. The van der Waals surface area contributed by atoms with Crippen molar-refractivity contribution in [2.45, 2.75) is 235 Å². The van der Waals surface area contributed by atoms with Crippen molar-refractivity contribution in [2.24, 2.45) is 44.3 Å². The van der Waals surface area contributed by atoms with Crippen molar-refractivity contribution in [3.8, 4) is 0 Å². The van der Waals surface area contributed by atoms with E-state index >= 15 is 0 Å². The molecule has 0 spiro atoms. The molecule has 9 aliphatic rings. The Morgan fingerprint density at radius 3 is 1.49 bits per heavy atom. The van der Waals surface area contributed by atoms with Crippen LogP contribution in [0.25, 0.3) is 0 Å². The third kappa shape index (κ3) is 9.66. The van der Waals surface area contributed by atoms with Crippen LogP contribution >= 0.6 is 0 Å². The molecule has 23 nitrogen and oxygen atoms in total. The Balaban J connectivity index is 1.04. The van der Waals surface area contributed by atoms with Crippen LogP contribution in [0.2, 0.25) is 0 Å². The highest BCUT2D eigenvalue weighted by Gasteiger charge is 2.70. The van der Waals surface area contributed by atoms with Crippen LogP contribution in [0.3, 0.4) is 0 Å². The smallest absolute Gasteiger partial charge is 0.187 e. The topological polar surface area (TPSA) is 377 Å². The number of hydrogen-bond donors (Lipinski definition) is 15. The summed E-state index contributed by atoms with van der Waals surface area (Å²) in [5, 5.41) is 163. The number of hydrogen-bond acceptors (Lipinski definition) is 23. The molecule has 4 saturated carbocycles. The van der Waals surface area contributed by atoms with Crippen molar-refractivity contribution in [1.82, 2.24) is 0 Å². The molecule has 8 fully saturated rings. The second kappa shape index (κ2) is 22.0. The highest BCUT2D eigenvalue weighted by Crippen LogP contribution is 2.75. The van der Waals surface area contributed by atoms with Crippen molar-refractivity contribution in [2.75, 3.05) is 33.0 Å². The lowest BCUT2D eigenvalue weighted by molar-refractivity contribution is -0.397. The summed E-state index contributed by atoms with van der Waals surface area (Å²) < 4.78 is 50.1. The molecular formula is C54H88O23.